The maximum Gasteiger partial charge on any atom is 0.222 e. The third-order valence-electron chi connectivity index (χ3n) is 7.28. The van der Waals surface area contributed by atoms with Gasteiger partial charge in [-0.1, -0.05) is 12.8 Å². The summed E-state index contributed by atoms with van der Waals surface area (Å²) < 4.78 is 7.97. The minimum absolute atomic E-state index is 0.128. The zero-order chi connectivity index (χ0) is 17.6. The molecule has 4 aliphatic rings. The number of carbonyl (C=O) groups excluding carboxylic acids is 1. The van der Waals surface area contributed by atoms with E-state index in [2.05, 4.69) is 19.7 Å². The summed E-state index contributed by atoms with van der Waals surface area (Å²) in [5.74, 6) is 2.40. The first-order valence-corrected chi connectivity index (χ1v) is 10.5. The van der Waals surface area contributed by atoms with Gasteiger partial charge in [-0.05, 0) is 44.4 Å². The monoisotopic (exact) mass is 358 g/mol. The molecule has 2 aliphatic heterocycles. The summed E-state index contributed by atoms with van der Waals surface area (Å²) in [7, 11) is 0. The van der Waals surface area contributed by atoms with Crippen molar-refractivity contribution in [3.8, 4) is 0 Å². The largest absolute Gasteiger partial charge is 0.381 e. The van der Waals surface area contributed by atoms with Gasteiger partial charge in [-0.15, -0.1) is 10.2 Å². The number of aromatic nitrogens is 3. The Hall–Kier alpha value is -1.43. The van der Waals surface area contributed by atoms with Crippen molar-refractivity contribution in [1.29, 1.82) is 0 Å². The maximum atomic E-state index is 13.0. The molecule has 142 valence electrons. The van der Waals surface area contributed by atoms with E-state index in [9.17, 15) is 4.79 Å². The minimum atomic E-state index is 0.128. The standard InChI is InChI=1S/C20H30N4O2/c25-18(11-15-3-1-2-4-15)23-12-17(20(13-23)7-9-26-10-8-20)19-22-21-14-24(19)16-5-6-16/h14-17H,1-13H2. The second-order valence-corrected chi connectivity index (χ2v) is 8.98. The van der Waals surface area contributed by atoms with Crippen molar-refractivity contribution in [2.24, 2.45) is 11.3 Å². The molecule has 1 amide bonds. The number of amides is 1. The molecule has 2 saturated carbocycles. The van der Waals surface area contributed by atoms with Gasteiger partial charge in [0, 0.05) is 50.1 Å². The van der Waals surface area contributed by atoms with Crippen molar-refractivity contribution >= 4 is 5.91 Å². The van der Waals surface area contributed by atoms with Crippen molar-refractivity contribution in [2.45, 2.75) is 69.7 Å². The van der Waals surface area contributed by atoms with Crippen LogP contribution in [0.4, 0.5) is 0 Å². The third kappa shape index (κ3) is 2.96. The molecule has 1 aromatic rings. The van der Waals surface area contributed by atoms with E-state index in [0.29, 0.717) is 23.8 Å². The van der Waals surface area contributed by atoms with Crippen LogP contribution < -0.4 is 0 Å². The van der Waals surface area contributed by atoms with Gasteiger partial charge >= 0.3 is 0 Å². The van der Waals surface area contributed by atoms with Crippen LogP contribution in [0.25, 0.3) is 0 Å². The van der Waals surface area contributed by atoms with Gasteiger partial charge in [0.25, 0.3) is 0 Å². The summed E-state index contributed by atoms with van der Waals surface area (Å²) >= 11 is 0. The van der Waals surface area contributed by atoms with Crippen molar-refractivity contribution in [3.63, 3.8) is 0 Å². The second-order valence-electron chi connectivity index (χ2n) is 8.98. The van der Waals surface area contributed by atoms with E-state index < -0.39 is 0 Å². The van der Waals surface area contributed by atoms with E-state index in [1.807, 2.05) is 6.33 Å². The minimum Gasteiger partial charge on any atom is -0.381 e. The molecule has 6 heteroatoms. The van der Waals surface area contributed by atoms with Crippen LogP contribution in [0, 0.1) is 11.3 Å². The molecule has 0 radical (unpaired) electrons. The summed E-state index contributed by atoms with van der Waals surface area (Å²) in [6.45, 7) is 3.30. The first-order chi connectivity index (χ1) is 12.8. The zero-order valence-corrected chi connectivity index (χ0v) is 15.6. The Balaban J connectivity index is 1.38. The Bertz CT molecular complexity index is 657. The van der Waals surface area contributed by atoms with Gasteiger partial charge in [0.15, 0.2) is 0 Å². The van der Waals surface area contributed by atoms with Crippen LogP contribution >= 0.6 is 0 Å². The lowest BCUT2D eigenvalue weighted by Gasteiger charge is -2.37. The van der Waals surface area contributed by atoms with Crippen molar-refractivity contribution < 1.29 is 9.53 Å². The van der Waals surface area contributed by atoms with E-state index in [-0.39, 0.29) is 5.41 Å². The van der Waals surface area contributed by atoms with Crippen LogP contribution in [0.5, 0.6) is 0 Å². The molecule has 1 unspecified atom stereocenters. The van der Waals surface area contributed by atoms with E-state index in [0.717, 1.165) is 51.4 Å². The van der Waals surface area contributed by atoms with Crippen LogP contribution in [-0.4, -0.2) is 51.9 Å². The quantitative estimate of drug-likeness (QED) is 0.830. The maximum absolute atomic E-state index is 13.0. The van der Waals surface area contributed by atoms with Crippen LogP contribution in [-0.2, 0) is 9.53 Å². The average Bonchev–Trinajstić information content (AvgIpc) is 3.05. The van der Waals surface area contributed by atoms with Crippen molar-refractivity contribution in [1.82, 2.24) is 19.7 Å². The smallest absolute Gasteiger partial charge is 0.222 e. The lowest BCUT2D eigenvalue weighted by molar-refractivity contribution is -0.131. The van der Waals surface area contributed by atoms with E-state index in [1.54, 1.807) is 0 Å². The van der Waals surface area contributed by atoms with Crippen molar-refractivity contribution in [3.05, 3.63) is 12.2 Å². The van der Waals surface area contributed by atoms with E-state index >= 15 is 0 Å². The molecular weight excluding hydrogens is 328 g/mol. The molecule has 0 bridgehead atoms. The van der Waals surface area contributed by atoms with Crippen LogP contribution in [0.2, 0.25) is 0 Å². The van der Waals surface area contributed by atoms with Crippen LogP contribution in [0.1, 0.15) is 75.6 Å². The first-order valence-electron chi connectivity index (χ1n) is 10.5. The highest BCUT2D eigenvalue weighted by molar-refractivity contribution is 5.77. The Morgan fingerprint density at radius 3 is 2.69 bits per heavy atom. The third-order valence-corrected chi connectivity index (χ3v) is 7.28. The first kappa shape index (κ1) is 16.7. The summed E-state index contributed by atoms with van der Waals surface area (Å²) in [5.41, 5.74) is 0.128. The predicted molar refractivity (Wildman–Crippen MR) is 96.7 cm³/mol. The predicted octanol–water partition coefficient (Wildman–Crippen LogP) is 2.92. The fourth-order valence-electron chi connectivity index (χ4n) is 5.52. The van der Waals surface area contributed by atoms with Gasteiger partial charge in [0.05, 0.1) is 0 Å². The highest BCUT2D eigenvalue weighted by Crippen LogP contribution is 2.50. The Kier molecular flexibility index (Phi) is 4.26. The van der Waals surface area contributed by atoms with E-state index in [1.165, 1.54) is 38.5 Å². The average molecular weight is 358 g/mol. The van der Waals surface area contributed by atoms with Gasteiger partial charge in [-0.3, -0.25) is 4.79 Å². The number of rotatable bonds is 4. The number of nitrogens with zero attached hydrogens (tertiary/aromatic N) is 4. The lowest BCUT2D eigenvalue weighted by atomic mass is 9.71. The van der Waals surface area contributed by atoms with Crippen LogP contribution in [0.15, 0.2) is 6.33 Å². The number of hydrogen-bond donors (Lipinski definition) is 0. The fourth-order valence-corrected chi connectivity index (χ4v) is 5.52. The molecule has 1 aromatic heterocycles. The topological polar surface area (TPSA) is 60.2 Å². The highest BCUT2D eigenvalue weighted by atomic mass is 16.5. The summed E-state index contributed by atoms with van der Waals surface area (Å²) in [5, 5.41) is 8.78. The summed E-state index contributed by atoms with van der Waals surface area (Å²) in [6.07, 6.45) is 12.2. The highest BCUT2D eigenvalue weighted by Gasteiger charge is 2.51. The van der Waals surface area contributed by atoms with Gasteiger partial charge in [-0.25, -0.2) is 0 Å². The molecular formula is C20H30N4O2. The molecule has 1 atom stereocenters. The molecule has 6 nitrogen and oxygen atoms in total. The normalized spacial score (nSPS) is 28.9. The molecule has 26 heavy (non-hydrogen) atoms. The molecule has 3 heterocycles. The van der Waals surface area contributed by atoms with Gasteiger partial charge < -0.3 is 14.2 Å². The van der Waals surface area contributed by atoms with Gasteiger partial charge in [0.2, 0.25) is 5.91 Å². The molecule has 2 saturated heterocycles. The summed E-state index contributed by atoms with van der Waals surface area (Å²) in [6, 6.07) is 0.583. The molecule has 0 aromatic carbocycles. The molecule has 5 rings (SSSR count). The SMILES string of the molecule is O=C(CC1CCCC1)N1CC(c2nncn2C2CC2)C2(CCOCC2)C1. The van der Waals surface area contributed by atoms with E-state index in [4.69, 9.17) is 4.74 Å². The fraction of sp³-hybridized carbons (Fsp3) is 0.850. The van der Waals surface area contributed by atoms with Crippen molar-refractivity contribution in [2.75, 3.05) is 26.3 Å². The number of ether oxygens (including phenoxy) is 1. The Morgan fingerprint density at radius 2 is 1.96 bits per heavy atom. The molecule has 2 aliphatic carbocycles. The number of likely N-dealkylation sites (tertiary alicyclic amines) is 1. The zero-order valence-electron chi connectivity index (χ0n) is 15.6. The Labute approximate surface area is 155 Å². The molecule has 0 N–H and O–H groups in total. The number of carbonyl (C=O) groups is 1. The van der Waals surface area contributed by atoms with Gasteiger partial charge in [0.1, 0.15) is 12.2 Å². The molecule has 4 fully saturated rings. The molecule has 1 spiro atoms. The second kappa shape index (κ2) is 6.63. The lowest BCUT2D eigenvalue weighted by Crippen LogP contribution is -2.38. The van der Waals surface area contributed by atoms with Gasteiger partial charge in [-0.2, -0.15) is 0 Å². The van der Waals surface area contributed by atoms with Crippen LogP contribution in [0.3, 0.4) is 0 Å². The summed E-state index contributed by atoms with van der Waals surface area (Å²) in [4.78, 5) is 15.2. The number of hydrogen-bond acceptors (Lipinski definition) is 4. The Morgan fingerprint density at radius 1 is 1.19 bits per heavy atom.